The lowest BCUT2D eigenvalue weighted by molar-refractivity contribution is -0.136. The van der Waals surface area contributed by atoms with Crippen molar-refractivity contribution in [3.63, 3.8) is 0 Å². The van der Waals surface area contributed by atoms with E-state index >= 15 is 0 Å². The van der Waals surface area contributed by atoms with Crippen molar-refractivity contribution >= 4 is 11.7 Å². The van der Waals surface area contributed by atoms with Crippen LogP contribution in [0.2, 0.25) is 0 Å². The van der Waals surface area contributed by atoms with Gasteiger partial charge in [-0.05, 0) is 44.5 Å². The second kappa shape index (κ2) is 41.3. The number of carbonyl (C=O) groups excluding carboxylic acids is 1. The highest BCUT2D eigenvalue weighted by Crippen LogP contribution is 2.42. The van der Waals surface area contributed by atoms with Crippen molar-refractivity contribution in [2.24, 2.45) is 5.41 Å². The molecule has 1 amide bonds. The van der Waals surface area contributed by atoms with Crippen LogP contribution < -0.4 is 10.2 Å². The van der Waals surface area contributed by atoms with E-state index in [1.165, 1.54) is 289 Å². The third kappa shape index (κ3) is 29.0. The van der Waals surface area contributed by atoms with Gasteiger partial charge in [0.2, 0.25) is 5.91 Å². The molecule has 0 bridgehead atoms. The summed E-state index contributed by atoms with van der Waals surface area (Å²) < 4.78 is 0. The van der Waals surface area contributed by atoms with E-state index in [0.717, 1.165) is 38.9 Å². The zero-order chi connectivity index (χ0) is 45.1. The first-order valence-corrected chi connectivity index (χ1v) is 29.1. The molecule has 2 aliphatic heterocycles. The Morgan fingerprint density at radius 3 is 0.969 bits per heavy atom. The number of anilines is 1. The van der Waals surface area contributed by atoms with Gasteiger partial charge in [-0.15, -0.1) is 0 Å². The Morgan fingerprint density at radius 2 is 0.703 bits per heavy atom. The summed E-state index contributed by atoms with van der Waals surface area (Å²) in [6, 6.07) is 5.76. The highest BCUT2D eigenvalue weighted by molar-refractivity contribution is 6.03. The number of β-lactam (4-membered cyclic amide) rings is 1. The second-order valence-corrected chi connectivity index (χ2v) is 21.2. The summed E-state index contributed by atoms with van der Waals surface area (Å²) in [7, 11) is 0. The van der Waals surface area contributed by atoms with Crippen molar-refractivity contribution in [2.45, 2.75) is 308 Å². The van der Waals surface area contributed by atoms with Crippen molar-refractivity contribution in [3.05, 3.63) is 23.9 Å². The van der Waals surface area contributed by atoms with Crippen molar-refractivity contribution in [1.29, 1.82) is 5.26 Å². The highest BCUT2D eigenvalue weighted by Gasteiger charge is 2.51. The minimum Gasteiger partial charge on any atom is -0.317 e. The molecular weight excluding hydrogens is 781 g/mol. The molecule has 2 aliphatic rings. The SMILES string of the molecule is N#Cc1ccc(N2CC3(CCCCCCCCCCCCCCCCCCCCCCCCCCCCCCCCCCCCCCCCCCCCCCCCNCC3)C2=O)nc1. The zero-order valence-electron chi connectivity index (χ0n) is 42.5. The molecule has 1 atom stereocenters. The maximum Gasteiger partial charge on any atom is 0.236 e. The third-order valence-corrected chi connectivity index (χ3v) is 15.4. The van der Waals surface area contributed by atoms with Crippen LogP contribution in [-0.2, 0) is 4.79 Å². The van der Waals surface area contributed by atoms with Gasteiger partial charge in [0.15, 0.2) is 0 Å². The molecule has 1 spiro atoms. The molecule has 368 valence electrons. The molecule has 1 aromatic heterocycles. The zero-order valence-corrected chi connectivity index (χ0v) is 42.5. The number of amides is 1. The first-order chi connectivity index (χ1) is 31.7. The van der Waals surface area contributed by atoms with E-state index < -0.39 is 0 Å². The van der Waals surface area contributed by atoms with Gasteiger partial charge in [0.05, 0.1) is 11.0 Å². The molecule has 1 aromatic rings. The molecule has 5 heteroatoms. The van der Waals surface area contributed by atoms with Crippen LogP contribution in [0, 0.1) is 16.7 Å². The number of nitrogens with zero attached hydrogens (tertiary/aromatic N) is 3. The minimum atomic E-state index is -0.260. The average molecular weight is 888 g/mol. The molecular formula is C59H106N4O. The fraction of sp³-hybridized carbons (Fsp3) is 0.881. The average Bonchev–Trinajstić information content (AvgIpc) is 3.31. The summed E-state index contributed by atoms with van der Waals surface area (Å²) in [5, 5.41) is 12.9. The van der Waals surface area contributed by atoms with Gasteiger partial charge in [-0.2, -0.15) is 5.26 Å². The van der Waals surface area contributed by atoms with E-state index in [4.69, 9.17) is 0 Å². The van der Waals surface area contributed by atoms with Crippen molar-refractivity contribution in [3.8, 4) is 6.07 Å². The molecule has 3 heterocycles. The van der Waals surface area contributed by atoms with Crippen LogP contribution >= 0.6 is 0 Å². The van der Waals surface area contributed by atoms with Gasteiger partial charge in [-0.1, -0.05) is 289 Å². The Labute approximate surface area is 398 Å². The van der Waals surface area contributed by atoms with Crippen LogP contribution in [-0.4, -0.2) is 30.5 Å². The molecule has 0 radical (unpaired) electrons. The number of hydrogen-bond donors (Lipinski definition) is 1. The van der Waals surface area contributed by atoms with E-state index in [9.17, 15) is 10.1 Å². The number of hydrogen-bond acceptors (Lipinski definition) is 4. The Kier molecular flexibility index (Phi) is 36.4. The molecule has 1 N–H and O–H groups in total. The number of pyridine rings is 1. The van der Waals surface area contributed by atoms with E-state index in [1.807, 2.05) is 11.0 Å². The van der Waals surface area contributed by atoms with E-state index in [0.29, 0.717) is 11.4 Å². The second-order valence-electron chi connectivity index (χ2n) is 21.2. The first-order valence-electron chi connectivity index (χ1n) is 29.1. The molecule has 0 aliphatic carbocycles. The maximum atomic E-state index is 13.7. The van der Waals surface area contributed by atoms with Gasteiger partial charge < -0.3 is 5.32 Å². The number of carbonyl (C=O) groups is 1. The Balaban J connectivity index is 1.26. The van der Waals surface area contributed by atoms with Crippen molar-refractivity contribution in [1.82, 2.24) is 10.3 Å². The predicted molar refractivity (Wildman–Crippen MR) is 278 cm³/mol. The lowest BCUT2D eigenvalue weighted by Gasteiger charge is -2.48. The summed E-state index contributed by atoms with van der Waals surface area (Å²) in [4.78, 5) is 20.0. The summed E-state index contributed by atoms with van der Waals surface area (Å²) in [6.45, 7) is 2.73. The summed E-state index contributed by atoms with van der Waals surface area (Å²) in [5.41, 5.74) is 0.281. The van der Waals surface area contributed by atoms with E-state index in [2.05, 4.69) is 16.4 Å². The molecule has 3 rings (SSSR count). The van der Waals surface area contributed by atoms with Crippen molar-refractivity contribution < 1.29 is 4.79 Å². The summed E-state index contributed by atoms with van der Waals surface area (Å²) in [6.07, 6.45) is 69.1. The summed E-state index contributed by atoms with van der Waals surface area (Å²) in [5.74, 6) is 0.929. The Morgan fingerprint density at radius 1 is 0.406 bits per heavy atom. The molecule has 64 heavy (non-hydrogen) atoms. The fourth-order valence-corrected chi connectivity index (χ4v) is 10.9. The topological polar surface area (TPSA) is 69.0 Å². The Bertz CT molecular complexity index is 1170. The van der Waals surface area contributed by atoms with Crippen molar-refractivity contribution in [2.75, 3.05) is 24.5 Å². The van der Waals surface area contributed by atoms with Crippen LogP contribution in [0.1, 0.15) is 314 Å². The van der Waals surface area contributed by atoms with Crippen LogP contribution in [0.15, 0.2) is 18.3 Å². The molecule has 1 unspecified atom stereocenters. The number of nitrogens with one attached hydrogen (secondary N) is 1. The quantitative estimate of drug-likeness (QED) is 0.285. The number of rotatable bonds is 1. The molecule has 0 aromatic carbocycles. The minimum absolute atomic E-state index is 0.237. The lowest BCUT2D eigenvalue weighted by Crippen LogP contribution is -2.62. The molecule has 0 saturated carbocycles. The summed E-state index contributed by atoms with van der Waals surface area (Å²) >= 11 is 0. The highest BCUT2D eigenvalue weighted by atomic mass is 16.2. The van der Waals surface area contributed by atoms with Gasteiger partial charge in [-0.3, -0.25) is 9.69 Å². The fourth-order valence-electron chi connectivity index (χ4n) is 10.9. The monoisotopic (exact) mass is 887 g/mol. The number of aromatic nitrogens is 1. The predicted octanol–water partition coefficient (Wildman–Crippen LogP) is 18.6. The van der Waals surface area contributed by atoms with Gasteiger partial charge >= 0.3 is 0 Å². The Hall–Kier alpha value is -1.93. The largest absolute Gasteiger partial charge is 0.317 e. The van der Waals surface area contributed by atoms with Crippen LogP contribution in [0.5, 0.6) is 0 Å². The van der Waals surface area contributed by atoms with E-state index in [1.54, 1.807) is 12.3 Å². The maximum absolute atomic E-state index is 13.7. The first kappa shape index (κ1) is 56.4. The number of nitriles is 1. The van der Waals surface area contributed by atoms with Crippen LogP contribution in [0.4, 0.5) is 5.82 Å². The van der Waals surface area contributed by atoms with E-state index in [-0.39, 0.29) is 11.3 Å². The van der Waals surface area contributed by atoms with Crippen LogP contribution in [0.3, 0.4) is 0 Å². The van der Waals surface area contributed by atoms with Gasteiger partial charge in [-0.25, -0.2) is 4.98 Å². The molecule has 5 nitrogen and oxygen atoms in total. The van der Waals surface area contributed by atoms with Gasteiger partial charge in [0, 0.05) is 12.7 Å². The molecule has 2 saturated heterocycles. The lowest BCUT2D eigenvalue weighted by atomic mass is 9.71. The van der Waals surface area contributed by atoms with Gasteiger partial charge in [0.1, 0.15) is 11.9 Å². The standard InChI is InChI=1S/C59H106N4O/c60-53-56-47-48-57(62-54-56)63-55-59(58(63)64)49-45-43-41-39-37-35-33-31-29-27-25-23-21-19-17-15-13-11-9-7-5-3-1-2-4-6-8-10-12-14-16-18-20-22-24-26-28-30-32-34-36-38-40-42-44-46-51-61-52-50-59/h47-48,54,61H,1-46,49-52,55H2. The third-order valence-electron chi connectivity index (χ3n) is 15.4. The molecule has 2 fully saturated rings. The van der Waals surface area contributed by atoms with Crippen LogP contribution in [0.25, 0.3) is 0 Å². The smallest absolute Gasteiger partial charge is 0.236 e. The normalized spacial score (nSPS) is 24.8. The van der Waals surface area contributed by atoms with Gasteiger partial charge in [0.25, 0.3) is 0 Å².